The van der Waals surface area contributed by atoms with E-state index >= 15 is 0 Å². The molecule has 3 aliphatic heterocycles. The Morgan fingerprint density at radius 2 is 1.08 bits per heavy atom. The number of anilines is 2. The number of ether oxygens (including phenoxy) is 7. The molecule has 6 aromatic carbocycles. The standard InChI is InChI=1S/C44H50N2O12.C26H17NO5/c1-27-39(58-44(52-2)43(51)42(27)50)25-55-26-40(49)46-18-20-54-22-21-53-19-6-5-9-36(48)32-7-3-4-8-33(32)41-34-16-12-29(47)23-37(34)57-38-24-31(15-17-35(38)41)56-30-13-10-28(45)11-14-30;27-15-5-8-17(9-6-15)31-18-10-12-22-24(14-18)32-23-13-16(28)7-11-21(23)25(22)19-3-1-2-4-20(19)26(29)30/h3-4,7-8,10-17,23-24,27,39,42-44,50-51H,5-6,9,18-22,25-26,45H2,1-2H3,(H,46,49);1-14H,27H2,(H,29,30)/p-1/t27-,39?,42+,43?,44-;/m1./s1. The summed E-state index contributed by atoms with van der Waals surface area (Å²) in [5.74, 6) is 1.00. The lowest BCUT2D eigenvalue weighted by Crippen LogP contribution is -2.55. The number of hydrogen-bond acceptors (Lipinski definition) is 19. The molecule has 0 saturated carbocycles. The maximum absolute atomic E-state index is 13.7. The fourth-order valence-electron chi connectivity index (χ4n) is 10.6. The van der Waals surface area contributed by atoms with Crippen LogP contribution in [0.25, 0.3) is 66.8 Å². The minimum absolute atomic E-state index is 0.00697. The Balaban J connectivity index is 0.000000233. The van der Waals surface area contributed by atoms with E-state index in [4.69, 9.17) is 53.5 Å². The molecular formula is C70H66N3O17-. The van der Waals surface area contributed by atoms with Gasteiger partial charge in [-0.25, -0.2) is 0 Å². The predicted octanol–water partition coefficient (Wildman–Crippen LogP) is 9.49. The Kier molecular flexibility index (Phi) is 20.7. The second-order valence-corrected chi connectivity index (χ2v) is 21.4. The van der Waals surface area contributed by atoms with Crippen LogP contribution < -0.4 is 42.2 Å². The average Bonchev–Trinajstić information content (AvgIpc) is 1.36. The summed E-state index contributed by atoms with van der Waals surface area (Å²) in [5.41, 5.74) is 18.0. The summed E-state index contributed by atoms with van der Waals surface area (Å²) in [7, 11) is 1.38. The van der Waals surface area contributed by atoms with Gasteiger partial charge in [-0.1, -0.05) is 55.5 Å². The van der Waals surface area contributed by atoms with Crippen LogP contribution in [-0.4, -0.2) is 106 Å². The molecule has 7 N–H and O–H groups in total. The number of amides is 1. The second kappa shape index (κ2) is 29.5. The molecule has 20 nitrogen and oxygen atoms in total. The molecule has 3 heterocycles. The fraction of sp³-hybridized carbons (Fsp3) is 0.243. The van der Waals surface area contributed by atoms with Crippen LogP contribution in [0.2, 0.25) is 0 Å². The molecule has 0 spiro atoms. The molecule has 0 radical (unpaired) electrons. The van der Waals surface area contributed by atoms with E-state index in [1.54, 1.807) is 110 Å². The lowest BCUT2D eigenvalue weighted by atomic mass is 9.89. The van der Waals surface area contributed by atoms with Crippen LogP contribution in [0.4, 0.5) is 11.4 Å². The number of carboxylic acids is 1. The number of nitrogens with two attached hydrogens (primary N) is 2. The van der Waals surface area contributed by atoms with Crippen LogP contribution in [0.1, 0.15) is 46.9 Å². The third kappa shape index (κ3) is 15.4. The van der Waals surface area contributed by atoms with Gasteiger partial charge in [0.2, 0.25) is 5.91 Å². The highest BCUT2D eigenvalue weighted by Gasteiger charge is 2.42. The zero-order chi connectivity index (χ0) is 63.3. The van der Waals surface area contributed by atoms with Crippen molar-refractivity contribution >= 4 is 51.0 Å². The van der Waals surface area contributed by atoms with E-state index in [9.17, 15) is 39.3 Å². The fourth-order valence-corrected chi connectivity index (χ4v) is 10.6. The number of fused-ring (bicyclic) bond motifs is 4. The third-order valence-electron chi connectivity index (χ3n) is 15.2. The van der Waals surface area contributed by atoms with Crippen molar-refractivity contribution in [2.24, 2.45) is 5.92 Å². The number of methoxy groups -OCH3 is 1. The Bertz CT molecular complexity index is 4180. The van der Waals surface area contributed by atoms with Crippen molar-refractivity contribution in [3.63, 3.8) is 0 Å². The van der Waals surface area contributed by atoms with Gasteiger partial charge in [-0.3, -0.25) is 19.2 Å². The summed E-state index contributed by atoms with van der Waals surface area (Å²) >= 11 is 0. The summed E-state index contributed by atoms with van der Waals surface area (Å²) in [4.78, 5) is 62.0. The van der Waals surface area contributed by atoms with Crippen molar-refractivity contribution in [3.8, 4) is 67.9 Å². The SMILES string of the molecule is CO[C@@H]1OC(COCC(=O)NCCOCCOCCCCC(=O)c2ccccc2-c2c3ccc(=O)cc-3oc3cc(Oc4ccc(N)cc4)ccc23)[C@@H](C)[C@H](O)C1O.Nc1ccc(Oc2ccc3c(-c4ccccc4C(=O)[O-])c4ccc(=O)cc-4oc3c2)cc1. The van der Waals surface area contributed by atoms with Crippen molar-refractivity contribution < 1.29 is 71.7 Å². The maximum atomic E-state index is 13.7. The number of benzene rings is 8. The zero-order valence-electron chi connectivity index (χ0n) is 49.3. The van der Waals surface area contributed by atoms with Gasteiger partial charge < -0.3 is 78.9 Å². The number of carboxylic acid groups (broad SMARTS) is 1. The third-order valence-corrected chi connectivity index (χ3v) is 15.2. The van der Waals surface area contributed by atoms with Crippen molar-refractivity contribution in [2.75, 3.05) is 64.8 Å². The summed E-state index contributed by atoms with van der Waals surface area (Å²) in [6, 6.07) is 48.0. The highest BCUT2D eigenvalue weighted by Crippen LogP contribution is 2.44. The molecule has 6 aromatic rings. The summed E-state index contributed by atoms with van der Waals surface area (Å²) in [6.45, 7) is 3.36. The molecule has 1 amide bonds. The van der Waals surface area contributed by atoms with E-state index < -0.39 is 36.5 Å². The molecule has 5 aliphatic rings. The van der Waals surface area contributed by atoms with Crippen LogP contribution in [0.5, 0.6) is 23.0 Å². The molecular weight excluding hydrogens is 1150 g/mol. The van der Waals surface area contributed by atoms with Gasteiger partial charge in [0, 0.05) is 112 Å². The number of carbonyl (C=O) groups is 3. The molecule has 464 valence electrons. The lowest BCUT2D eigenvalue weighted by Gasteiger charge is -2.40. The number of ketones is 1. The highest BCUT2D eigenvalue weighted by molar-refractivity contribution is 6.10. The minimum atomic E-state index is -1.29. The molecule has 11 rings (SSSR count). The van der Waals surface area contributed by atoms with Crippen LogP contribution >= 0.6 is 0 Å². The number of carbonyl (C=O) groups excluding carboxylic acids is 3. The molecule has 5 atom stereocenters. The van der Waals surface area contributed by atoms with Crippen LogP contribution in [-0.2, 0) is 28.5 Å². The van der Waals surface area contributed by atoms with E-state index in [1.165, 1.54) is 37.4 Å². The monoisotopic (exact) mass is 1220 g/mol. The Morgan fingerprint density at radius 1 is 0.567 bits per heavy atom. The normalized spacial score (nSPS) is 16.4. The molecule has 90 heavy (non-hydrogen) atoms. The smallest absolute Gasteiger partial charge is 0.246 e. The molecule has 1 saturated heterocycles. The van der Waals surface area contributed by atoms with E-state index in [0.29, 0.717) is 142 Å². The maximum Gasteiger partial charge on any atom is 0.246 e. The number of aliphatic hydroxyl groups excluding tert-OH is 2. The molecule has 2 aliphatic carbocycles. The number of nitrogen functional groups attached to an aromatic ring is 2. The van der Waals surface area contributed by atoms with Gasteiger partial charge >= 0.3 is 0 Å². The number of rotatable bonds is 24. The molecule has 0 bridgehead atoms. The van der Waals surface area contributed by atoms with Gasteiger partial charge in [-0.2, -0.15) is 0 Å². The van der Waals surface area contributed by atoms with Crippen molar-refractivity contribution in [2.45, 2.75) is 50.8 Å². The van der Waals surface area contributed by atoms with Gasteiger partial charge in [-0.05, 0) is 121 Å². The quantitative estimate of drug-likeness (QED) is 0.0163. The van der Waals surface area contributed by atoms with Crippen LogP contribution in [0.3, 0.4) is 0 Å². The predicted molar refractivity (Wildman–Crippen MR) is 336 cm³/mol. The molecule has 1 fully saturated rings. The molecule has 0 aromatic heterocycles. The van der Waals surface area contributed by atoms with E-state index in [-0.39, 0.29) is 41.3 Å². The van der Waals surface area contributed by atoms with E-state index in [1.807, 2.05) is 36.4 Å². The molecule has 2 unspecified atom stereocenters. The number of aliphatic hydroxyl groups is 2. The highest BCUT2D eigenvalue weighted by atomic mass is 16.7. The van der Waals surface area contributed by atoms with Gasteiger partial charge in [0.1, 0.15) is 58.4 Å². The van der Waals surface area contributed by atoms with Crippen molar-refractivity contribution in [1.82, 2.24) is 5.32 Å². The number of hydrogen-bond donors (Lipinski definition) is 5. The number of Topliss-reactive ketones (excluding diaryl/α,β-unsaturated/α-hetero) is 1. The summed E-state index contributed by atoms with van der Waals surface area (Å²) in [5, 5.41) is 36.1. The van der Waals surface area contributed by atoms with Gasteiger partial charge in [0.25, 0.3) is 0 Å². The van der Waals surface area contributed by atoms with Gasteiger partial charge in [0.15, 0.2) is 22.9 Å². The topological polar surface area (TPSA) is 304 Å². The second-order valence-electron chi connectivity index (χ2n) is 21.4. The first-order chi connectivity index (χ1) is 43.6. The first kappa shape index (κ1) is 63.3. The lowest BCUT2D eigenvalue weighted by molar-refractivity contribution is -0.282. The largest absolute Gasteiger partial charge is 0.545 e. The van der Waals surface area contributed by atoms with Crippen LogP contribution in [0.15, 0.2) is 188 Å². The number of aromatic carboxylic acids is 1. The minimum Gasteiger partial charge on any atom is -0.545 e. The first-order valence-electron chi connectivity index (χ1n) is 29.2. The summed E-state index contributed by atoms with van der Waals surface area (Å²) in [6.07, 6.45) is -2.06. The Hall–Kier alpha value is -9.77. The molecule has 20 heteroatoms. The average molecular weight is 1220 g/mol. The van der Waals surface area contributed by atoms with Crippen molar-refractivity contribution in [1.29, 1.82) is 0 Å². The number of unbranched alkanes of at least 4 members (excludes halogenated alkanes) is 1. The number of nitrogens with one attached hydrogen (secondary N) is 1. The van der Waals surface area contributed by atoms with E-state index in [2.05, 4.69) is 5.32 Å². The van der Waals surface area contributed by atoms with Gasteiger partial charge in [-0.15, -0.1) is 0 Å². The summed E-state index contributed by atoms with van der Waals surface area (Å²) < 4.78 is 51.6. The Labute approximate surface area is 516 Å². The van der Waals surface area contributed by atoms with E-state index in [0.717, 1.165) is 16.5 Å². The van der Waals surface area contributed by atoms with Crippen molar-refractivity contribution in [3.05, 3.63) is 201 Å². The van der Waals surface area contributed by atoms with Gasteiger partial charge in [0.05, 0.1) is 44.6 Å². The Morgan fingerprint density at radius 3 is 1.62 bits per heavy atom. The van der Waals surface area contributed by atoms with Crippen LogP contribution in [0, 0.1) is 5.92 Å². The first-order valence-corrected chi connectivity index (χ1v) is 29.2. The zero-order valence-corrected chi connectivity index (χ0v) is 49.3.